The third-order valence-corrected chi connectivity index (χ3v) is 4.97. The van der Waals surface area contributed by atoms with Gasteiger partial charge < -0.3 is 0 Å². The molecule has 0 amide bonds. The van der Waals surface area contributed by atoms with E-state index in [1.165, 1.54) is 38.8 Å². The number of hydrogen-bond donors (Lipinski definition) is 0. The van der Waals surface area contributed by atoms with Gasteiger partial charge in [-0.3, -0.25) is 4.90 Å². The first kappa shape index (κ1) is 8.28. The number of rotatable bonds is 2. The van der Waals surface area contributed by atoms with Crippen LogP contribution in [0.15, 0.2) is 0 Å². The van der Waals surface area contributed by atoms with E-state index in [0.29, 0.717) is 0 Å². The Kier molecular flexibility index (Phi) is 1.59. The average Bonchev–Trinajstić information content (AvgIpc) is 2.52. The van der Waals surface area contributed by atoms with Crippen LogP contribution < -0.4 is 0 Å². The second kappa shape index (κ2) is 2.50. The predicted octanol–water partition coefficient (Wildman–Crippen LogP) is 2.52. The summed E-state index contributed by atoms with van der Waals surface area (Å²) in [6, 6.07) is 0.989. The van der Waals surface area contributed by atoms with Crippen LogP contribution in [-0.2, 0) is 0 Å². The molecule has 3 fully saturated rings. The van der Waals surface area contributed by atoms with E-state index in [-0.39, 0.29) is 0 Å². The van der Waals surface area contributed by atoms with Crippen LogP contribution in [0.4, 0.5) is 0 Å². The zero-order valence-corrected chi connectivity index (χ0v) is 8.92. The summed E-state index contributed by atoms with van der Waals surface area (Å²) in [6.07, 6.45) is 6.00. The van der Waals surface area contributed by atoms with E-state index in [9.17, 15) is 0 Å². The van der Waals surface area contributed by atoms with Crippen LogP contribution in [-0.4, -0.2) is 24.0 Å². The molecule has 74 valence electrons. The van der Waals surface area contributed by atoms with Crippen molar-refractivity contribution in [3.05, 3.63) is 0 Å². The largest absolute Gasteiger partial charge is 0.300 e. The molecule has 2 saturated carbocycles. The smallest absolute Gasteiger partial charge is 0.00956 e. The SMILES string of the molecule is CC(C)C12CC1CN(C1CCC1)C2. The van der Waals surface area contributed by atoms with E-state index in [0.717, 1.165) is 23.3 Å². The Morgan fingerprint density at radius 2 is 2.08 bits per heavy atom. The van der Waals surface area contributed by atoms with Crippen molar-refractivity contribution in [1.29, 1.82) is 0 Å². The van der Waals surface area contributed by atoms with Gasteiger partial charge in [0.2, 0.25) is 0 Å². The van der Waals surface area contributed by atoms with Crippen LogP contribution in [0, 0.1) is 17.3 Å². The summed E-state index contributed by atoms with van der Waals surface area (Å²) in [5, 5.41) is 0. The molecule has 0 N–H and O–H groups in total. The molecule has 0 aromatic heterocycles. The maximum atomic E-state index is 2.79. The zero-order chi connectivity index (χ0) is 9.05. The lowest BCUT2D eigenvalue weighted by molar-refractivity contribution is 0.126. The van der Waals surface area contributed by atoms with Crippen LogP contribution in [0.1, 0.15) is 39.5 Å². The van der Waals surface area contributed by atoms with Crippen molar-refractivity contribution in [2.24, 2.45) is 17.3 Å². The molecule has 2 aliphatic carbocycles. The Morgan fingerprint density at radius 3 is 2.54 bits per heavy atom. The van der Waals surface area contributed by atoms with Crippen LogP contribution in [0.5, 0.6) is 0 Å². The highest BCUT2D eigenvalue weighted by Gasteiger charge is 2.61. The maximum absolute atomic E-state index is 2.79. The van der Waals surface area contributed by atoms with E-state index in [1.807, 2.05) is 0 Å². The van der Waals surface area contributed by atoms with Gasteiger partial charge in [0.1, 0.15) is 0 Å². The monoisotopic (exact) mass is 179 g/mol. The van der Waals surface area contributed by atoms with E-state index in [1.54, 1.807) is 0 Å². The van der Waals surface area contributed by atoms with E-state index < -0.39 is 0 Å². The summed E-state index contributed by atoms with van der Waals surface area (Å²) >= 11 is 0. The first-order valence-corrected chi connectivity index (χ1v) is 5.96. The van der Waals surface area contributed by atoms with Crippen molar-refractivity contribution >= 4 is 0 Å². The van der Waals surface area contributed by atoms with Gasteiger partial charge in [0.25, 0.3) is 0 Å². The number of piperidine rings is 1. The van der Waals surface area contributed by atoms with Gasteiger partial charge in [0.15, 0.2) is 0 Å². The molecule has 0 radical (unpaired) electrons. The molecule has 1 heteroatoms. The van der Waals surface area contributed by atoms with Gasteiger partial charge in [0.05, 0.1) is 0 Å². The molecule has 2 atom stereocenters. The van der Waals surface area contributed by atoms with Gasteiger partial charge in [-0.05, 0) is 36.5 Å². The fraction of sp³-hybridized carbons (Fsp3) is 1.00. The minimum Gasteiger partial charge on any atom is -0.300 e. The van der Waals surface area contributed by atoms with Crippen LogP contribution >= 0.6 is 0 Å². The second-order valence-electron chi connectivity index (χ2n) is 5.80. The third-order valence-electron chi connectivity index (χ3n) is 4.97. The molecule has 0 aromatic carbocycles. The van der Waals surface area contributed by atoms with Crippen LogP contribution in [0.25, 0.3) is 0 Å². The Labute approximate surface area is 81.5 Å². The predicted molar refractivity (Wildman–Crippen MR) is 54.6 cm³/mol. The van der Waals surface area contributed by atoms with Crippen molar-refractivity contribution in [3.8, 4) is 0 Å². The van der Waals surface area contributed by atoms with Crippen molar-refractivity contribution in [2.75, 3.05) is 13.1 Å². The molecule has 0 aromatic rings. The van der Waals surface area contributed by atoms with Crippen molar-refractivity contribution in [2.45, 2.75) is 45.6 Å². The van der Waals surface area contributed by atoms with Gasteiger partial charge in [-0.2, -0.15) is 0 Å². The molecule has 1 aliphatic heterocycles. The summed E-state index contributed by atoms with van der Waals surface area (Å²) in [5.41, 5.74) is 0.773. The highest BCUT2D eigenvalue weighted by molar-refractivity contribution is 5.12. The summed E-state index contributed by atoms with van der Waals surface area (Å²) < 4.78 is 0. The van der Waals surface area contributed by atoms with Gasteiger partial charge >= 0.3 is 0 Å². The van der Waals surface area contributed by atoms with Gasteiger partial charge in [-0.1, -0.05) is 20.3 Å². The van der Waals surface area contributed by atoms with Crippen molar-refractivity contribution in [1.82, 2.24) is 4.90 Å². The molecule has 1 nitrogen and oxygen atoms in total. The summed E-state index contributed by atoms with van der Waals surface area (Å²) in [5.74, 6) is 2.00. The minimum absolute atomic E-state index is 0.773. The fourth-order valence-electron chi connectivity index (χ4n) is 3.49. The molecule has 3 aliphatic rings. The summed E-state index contributed by atoms with van der Waals surface area (Å²) in [4.78, 5) is 2.79. The first-order valence-electron chi connectivity index (χ1n) is 5.96. The van der Waals surface area contributed by atoms with Gasteiger partial charge in [-0.15, -0.1) is 0 Å². The molecule has 0 bridgehead atoms. The molecule has 1 heterocycles. The second-order valence-corrected chi connectivity index (χ2v) is 5.80. The zero-order valence-electron chi connectivity index (χ0n) is 8.92. The average molecular weight is 179 g/mol. The number of hydrogen-bond acceptors (Lipinski definition) is 1. The maximum Gasteiger partial charge on any atom is 0.00956 e. The molecule has 2 unspecified atom stereocenters. The third kappa shape index (κ3) is 1.03. The molecule has 1 saturated heterocycles. The molecular formula is C12H21N. The molecular weight excluding hydrogens is 158 g/mol. The lowest BCUT2D eigenvalue weighted by Crippen LogP contribution is -2.40. The summed E-state index contributed by atoms with van der Waals surface area (Å²) in [6.45, 7) is 7.71. The van der Waals surface area contributed by atoms with Crippen LogP contribution in [0.3, 0.4) is 0 Å². The van der Waals surface area contributed by atoms with Crippen LogP contribution in [0.2, 0.25) is 0 Å². The Morgan fingerprint density at radius 1 is 1.31 bits per heavy atom. The number of fused-ring (bicyclic) bond motifs is 1. The topological polar surface area (TPSA) is 3.24 Å². The Bertz CT molecular complexity index is 219. The lowest BCUT2D eigenvalue weighted by Gasteiger charge is -2.36. The first-order chi connectivity index (χ1) is 6.22. The lowest BCUT2D eigenvalue weighted by atomic mass is 9.89. The van der Waals surface area contributed by atoms with Gasteiger partial charge in [0, 0.05) is 19.1 Å². The highest BCUT2D eigenvalue weighted by atomic mass is 15.2. The van der Waals surface area contributed by atoms with E-state index >= 15 is 0 Å². The Balaban J connectivity index is 1.66. The minimum atomic E-state index is 0.773. The van der Waals surface area contributed by atoms with Crippen molar-refractivity contribution < 1.29 is 0 Å². The molecule has 0 spiro atoms. The quantitative estimate of drug-likeness (QED) is 0.629. The summed E-state index contributed by atoms with van der Waals surface area (Å²) in [7, 11) is 0. The standard InChI is InChI=1S/C12H21N/c1-9(2)12-6-10(12)7-13(8-12)11-4-3-5-11/h9-11H,3-8H2,1-2H3. The normalized spacial score (nSPS) is 45.0. The fourth-order valence-corrected chi connectivity index (χ4v) is 3.49. The van der Waals surface area contributed by atoms with E-state index in [2.05, 4.69) is 18.7 Å². The van der Waals surface area contributed by atoms with E-state index in [4.69, 9.17) is 0 Å². The van der Waals surface area contributed by atoms with Gasteiger partial charge in [-0.25, -0.2) is 0 Å². The highest BCUT2D eigenvalue weighted by Crippen LogP contribution is 2.62. The van der Waals surface area contributed by atoms with Crippen molar-refractivity contribution in [3.63, 3.8) is 0 Å². The Hall–Kier alpha value is -0.0400. The number of likely N-dealkylation sites (tertiary alicyclic amines) is 1. The number of nitrogens with zero attached hydrogens (tertiary/aromatic N) is 1. The molecule has 13 heavy (non-hydrogen) atoms. The molecule has 3 rings (SSSR count).